The van der Waals surface area contributed by atoms with Crippen LogP contribution in [0.1, 0.15) is 12.0 Å². The number of para-hydroxylation sites is 1. The number of ether oxygens (including phenoxy) is 1. The number of benzene rings is 1. The predicted octanol–water partition coefficient (Wildman–Crippen LogP) is 1.40. The number of hydrogen-bond acceptors (Lipinski definition) is 3. The summed E-state index contributed by atoms with van der Waals surface area (Å²) < 4.78 is 5.87. The minimum atomic E-state index is -0.691. The van der Waals surface area contributed by atoms with Crippen LogP contribution in [0.25, 0.3) is 0 Å². The highest BCUT2D eigenvalue weighted by molar-refractivity contribution is 5.67. The Labute approximate surface area is 106 Å². The van der Waals surface area contributed by atoms with Crippen LogP contribution in [0, 0.1) is 5.92 Å². The molecule has 1 aromatic rings. The fourth-order valence-electron chi connectivity index (χ4n) is 2.85. The lowest BCUT2D eigenvalue weighted by Crippen LogP contribution is -2.50. The molecule has 3 rings (SSSR count). The van der Waals surface area contributed by atoms with Crippen LogP contribution < -0.4 is 4.74 Å². The summed E-state index contributed by atoms with van der Waals surface area (Å²) in [5.41, 5.74) is 1.28. The van der Waals surface area contributed by atoms with Crippen LogP contribution in [0.4, 0.5) is 0 Å². The van der Waals surface area contributed by atoms with Crippen molar-refractivity contribution in [2.24, 2.45) is 5.92 Å². The van der Waals surface area contributed by atoms with Gasteiger partial charge in [-0.1, -0.05) is 18.2 Å². The maximum atomic E-state index is 10.6. The van der Waals surface area contributed by atoms with E-state index in [9.17, 15) is 4.79 Å². The van der Waals surface area contributed by atoms with Gasteiger partial charge in [0.05, 0.1) is 6.42 Å². The Hall–Kier alpha value is -1.55. The second kappa shape index (κ2) is 4.61. The summed E-state index contributed by atoms with van der Waals surface area (Å²) >= 11 is 0. The number of nitrogens with zero attached hydrogens (tertiary/aromatic N) is 1. The second-order valence-corrected chi connectivity index (χ2v) is 5.23. The lowest BCUT2D eigenvalue weighted by atomic mass is 9.95. The van der Waals surface area contributed by atoms with E-state index in [2.05, 4.69) is 11.0 Å². The molecule has 1 fully saturated rings. The van der Waals surface area contributed by atoms with Gasteiger partial charge in [0.25, 0.3) is 0 Å². The molecule has 0 aromatic heterocycles. The molecule has 0 radical (unpaired) electrons. The fraction of sp³-hybridized carbons (Fsp3) is 0.500. The molecule has 1 atom stereocenters. The SMILES string of the molecule is O=C(O)CC1CN(CC2Cc3ccccc3O2)C1. The minimum absolute atomic E-state index is 0.230. The van der Waals surface area contributed by atoms with E-state index in [1.54, 1.807) is 0 Å². The number of likely N-dealkylation sites (tertiary alicyclic amines) is 1. The first-order valence-corrected chi connectivity index (χ1v) is 6.39. The summed E-state index contributed by atoms with van der Waals surface area (Å²) in [7, 11) is 0. The van der Waals surface area contributed by atoms with Crippen molar-refractivity contribution >= 4 is 5.97 Å². The Kier molecular flexibility index (Phi) is 2.96. The van der Waals surface area contributed by atoms with Crippen LogP contribution in [0.5, 0.6) is 5.75 Å². The molecule has 1 saturated heterocycles. The predicted molar refractivity (Wildman–Crippen MR) is 66.7 cm³/mol. The van der Waals surface area contributed by atoms with E-state index in [-0.39, 0.29) is 6.10 Å². The van der Waals surface area contributed by atoms with Gasteiger partial charge in [-0.15, -0.1) is 0 Å². The van der Waals surface area contributed by atoms with Gasteiger partial charge in [0.15, 0.2) is 0 Å². The average molecular weight is 247 g/mol. The highest BCUT2D eigenvalue weighted by Crippen LogP contribution is 2.29. The van der Waals surface area contributed by atoms with E-state index in [4.69, 9.17) is 9.84 Å². The van der Waals surface area contributed by atoms with E-state index in [0.29, 0.717) is 12.3 Å². The van der Waals surface area contributed by atoms with Crippen molar-refractivity contribution in [1.29, 1.82) is 0 Å². The van der Waals surface area contributed by atoms with Gasteiger partial charge >= 0.3 is 5.97 Å². The van der Waals surface area contributed by atoms with Crippen LogP contribution in [-0.4, -0.2) is 41.7 Å². The van der Waals surface area contributed by atoms with Crippen molar-refractivity contribution in [2.45, 2.75) is 18.9 Å². The van der Waals surface area contributed by atoms with Crippen molar-refractivity contribution in [3.63, 3.8) is 0 Å². The summed E-state index contributed by atoms with van der Waals surface area (Å²) in [5.74, 6) is 0.639. The Morgan fingerprint density at radius 2 is 2.17 bits per heavy atom. The summed E-state index contributed by atoms with van der Waals surface area (Å²) in [6, 6.07) is 8.15. The Bertz CT molecular complexity index is 429. The van der Waals surface area contributed by atoms with E-state index < -0.39 is 5.97 Å². The Morgan fingerprint density at radius 3 is 2.89 bits per heavy atom. The van der Waals surface area contributed by atoms with Crippen molar-refractivity contribution in [1.82, 2.24) is 4.90 Å². The Balaban J connectivity index is 1.46. The highest BCUT2D eigenvalue weighted by Gasteiger charge is 2.32. The topological polar surface area (TPSA) is 49.8 Å². The van der Waals surface area contributed by atoms with E-state index in [1.165, 1.54) is 5.56 Å². The number of rotatable bonds is 4. The molecule has 2 aliphatic heterocycles. The molecule has 1 N–H and O–H groups in total. The molecule has 0 spiro atoms. The van der Waals surface area contributed by atoms with Crippen LogP contribution in [0.3, 0.4) is 0 Å². The molecule has 0 aliphatic carbocycles. The maximum Gasteiger partial charge on any atom is 0.303 e. The summed E-state index contributed by atoms with van der Waals surface area (Å²) in [6.07, 6.45) is 1.49. The molecular formula is C14H17NO3. The van der Waals surface area contributed by atoms with E-state index >= 15 is 0 Å². The van der Waals surface area contributed by atoms with E-state index in [0.717, 1.165) is 31.8 Å². The zero-order valence-electron chi connectivity index (χ0n) is 10.2. The number of hydrogen-bond donors (Lipinski definition) is 1. The minimum Gasteiger partial charge on any atom is -0.488 e. The first-order valence-electron chi connectivity index (χ1n) is 6.39. The van der Waals surface area contributed by atoms with Crippen LogP contribution in [0.15, 0.2) is 24.3 Å². The van der Waals surface area contributed by atoms with Crippen LogP contribution in [0.2, 0.25) is 0 Å². The molecule has 0 saturated carbocycles. The molecule has 2 heterocycles. The molecule has 96 valence electrons. The number of carbonyl (C=O) groups is 1. The molecular weight excluding hydrogens is 230 g/mol. The van der Waals surface area contributed by atoms with Crippen molar-refractivity contribution in [3.05, 3.63) is 29.8 Å². The van der Waals surface area contributed by atoms with Gasteiger partial charge in [0, 0.05) is 26.1 Å². The lowest BCUT2D eigenvalue weighted by molar-refractivity contribution is -0.139. The number of fused-ring (bicyclic) bond motifs is 1. The zero-order valence-corrected chi connectivity index (χ0v) is 10.2. The normalized spacial score (nSPS) is 23.2. The number of carboxylic acids is 1. The van der Waals surface area contributed by atoms with Gasteiger partial charge < -0.3 is 9.84 Å². The van der Waals surface area contributed by atoms with Crippen LogP contribution in [-0.2, 0) is 11.2 Å². The zero-order chi connectivity index (χ0) is 12.5. The molecule has 4 nitrogen and oxygen atoms in total. The summed E-state index contributed by atoms with van der Waals surface area (Å²) in [5, 5.41) is 8.69. The molecule has 0 amide bonds. The molecule has 4 heteroatoms. The third-order valence-corrected chi connectivity index (χ3v) is 3.67. The first-order chi connectivity index (χ1) is 8.70. The summed E-state index contributed by atoms with van der Waals surface area (Å²) in [6.45, 7) is 2.69. The van der Waals surface area contributed by atoms with Crippen molar-refractivity contribution < 1.29 is 14.6 Å². The van der Waals surface area contributed by atoms with Gasteiger partial charge in [-0.2, -0.15) is 0 Å². The quantitative estimate of drug-likeness (QED) is 0.873. The average Bonchev–Trinajstić information content (AvgIpc) is 2.67. The van der Waals surface area contributed by atoms with Gasteiger partial charge in [0.2, 0.25) is 0 Å². The number of aliphatic carboxylic acids is 1. The van der Waals surface area contributed by atoms with Crippen LogP contribution >= 0.6 is 0 Å². The van der Waals surface area contributed by atoms with Gasteiger partial charge in [-0.3, -0.25) is 9.69 Å². The molecule has 1 unspecified atom stereocenters. The maximum absolute atomic E-state index is 10.6. The van der Waals surface area contributed by atoms with Gasteiger partial charge in [0.1, 0.15) is 11.9 Å². The summed E-state index contributed by atoms with van der Waals surface area (Å²) in [4.78, 5) is 12.8. The first kappa shape index (κ1) is 11.5. The van der Waals surface area contributed by atoms with Crippen molar-refractivity contribution in [2.75, 3.05) is 19.6 Å². The van der Waals surface area contributed by atoms with E-state index in [1.807, 2.05) is 18.2 Å². The Morgan fingerprint density at radius 1 is 1.39 bits per heavy atom. The third-order valence-electron chi connectivity index (χ3n) is 3.67. The molecule has 2 aliphatic rings. The second-order valence-electron chi connectivity index (χ2n) is 5.23. The van der Waals surface area contributed by atoms with Gasteiger partial charge in [-0.05, 0) is 17.5 Å². The largest absolute Gasteiger partial charge is 0.488 e. The highest BCUT2D eigenvalue weighted by atomic mass is 16.5. The lowest BCUT2D eigenvalue weighted by Gasteiger charge is -2.39. The van der Waals surface area contributed by atoms with Crippen molar-refractivity contribution in [3.8, 4) is 5.75 Å². The third kappa shape index (κ3) is 2.34. The van der Waals surface area contributed by atoms with Gasteiger partial charge in [-0.25, -0.2) is 0 Å². The molecule has 0 bridgehead atoms. The standard InChI is InChI=1S/C14H17NO3/c16-14(17)5-10-7-15(8-10)9-12-6-11-3-1-2-4-13(11)18-12/h1-4,10,12H,5-9H2,(H,16,17). The smallest absolute Gasteiger partial charge is 0.303 e. The number of carboxylic acid groups (broad SMARTS) is 1. The molecule has 1 aromatic carbocycles. The molecule has 18 heavy (non-hydrogen) atoms. The fourth-order valence-corrected chi connectivity index (χ4v) is 2.85. The monoisotopic (exact) mass is 247 g/mol.